The van der Waals surface area contributed by atoms with Gasteiger partial charge in [-0.3, -0.25) is 9.78 Å². The van der Waals surface area contributed by atoms with E-state index in [4.69, 9.17) is 4.98 Å². The van der Waals surface area contributed by atoms with Gasteiger partial charge in [0.05, 0.1) is 11.1 Å². The Balaban J connectivity index is 1.82. The summed E-state index contributed by atoms with van der Waals surface area (Å²) in [5, 5.41) is 6.64. The quantitative estimate of drug-likeness (QED) is 0.487. The van der Waals surface area contributed by atoms with Crippen molar-refractivity contribution in [2.75, 3.05) is 32.5 Å². The van der Waals surface area contributed by atoms with Gasteiger partial charge in [0.1, 0.15) is 5.82 Å². The van der Waals surface area contributed by atoms with Crippen LogP contribution in [0.15, 0.2) is 54.9 Å². The maximum absolute atomic E-state index is 13.2. The largest absolute Gasteiger partial charge is 0.368 e. The standard InChI is InChI=1S/C23H20N4O/c1-27(2)12-11-25-23-20-19(16-9-10-24-13-18(16)22(20)28)17-8-7-14-5-3-4-6-15(14)21(17)26-23/h3-10,13H,11-12H2,1-2H3,(H,25,26). The molecule has 1 aliphatic rings. The molecule has 5 rings (SSSR count). The first-order chi connectivity index (χ1) is 13.6. The van der Waals surface area contributed by atoms with E-state index in [1.165, 1.54) is 0 Å². The second kappa shape index (κ2) is 6.39. The number of ketones is 1. The first kappa shape index (κ1) is 16.8. The summed E-state index contributed by atoms with van der Waals surface area (Å²) in [7, 11) is 4.06. The van der Waals surface area contributed by atoms with Crippen molar-refractivity contribution in [1.82, 2.24) is 14.9 Å². The molecule has 2 aromatic carbocycles. The van der Waals surface area contributed by atoms with Crippen LogP contribution in [-0.4, -0.2) is 47.8 Å². The highest BCUT2D eigenvalue weighted by molar-refractivity contribution is 6.29. The van der Waals surface area contributed by atoms with Gasteiger partial charge in [0.15, 0.2) is 5.78 Å². The van der Waals surface area contributed by atoms with Crippen LogP contribution in [-0.2, 0) is 0 Å². The summed E-state index contributed by atoms with van der Waals surface area (Å²) >= 11 is 0. The Morgan fingerprint density at radius 2 is 1.82 bits per heavy atom. The van der Waals surface area contributed by atoms with E-state index in [1.807, 2.05) is 32.3 Å². The first-order valence-corrected chi connectivity index (χ1v) is 9.38. The molecule has 2 heterocycles. The summed E-state index contributed by atoms with van der Waals surface area (Å²) in [6, 6.07) is 14.3. The lowest BCUT2D eigenvalue weighted by molar-refractivity contribution is 0.104. The number of anilines is 1. The second-order valence-electron chi connectivity index (χ2n) is 7.37. The maximum Gasteiger partial charge on any atom is 0.199 e. The zero-order valence-corrected chi connectivity index (χ0v) is 15.9. The molecule has 5 heteroatoms. The van der Waals surface area contributed by atoms with Crippen LogP contribution >= 0.6 is 0 Å². The number of carbonyl (C=O) groups excluding carboxylic acids is 1. The maximum atomic E-state index is 13.2. The van der Waals surface area contributed by atoms with Gasteiger partial charge in [0, 0.05) is 47.4 Å². The highest BCUT2D eigenvalue weighted by Crippen LogP contribution is 2.44. The third kappa shape index (κ3) is 2.47. The zero-order chi connectivity index (χ0) is 19.3. The van der Waals surface area contributed by atoms with Crippen LogP contribution < -0.4 is 5.32 Å². The highest BCUT2D eigenvalue weighted by Gasteiger charge is 2.32. The predicted molar refractivity (Wildman–Crippen MR) is 113 cm³/mol. The van der Waals surface area contributed by atoms with Crippen LogP contribution in [0, 0.1) is 0 Å². The molecule has 0 spiro atoms. The lowest BCUT2D eigenvalue weighted by Gasteiger charge is -2.15. The number of rotatable bonds is 4. The molecule has 138 valence electrons. The van der Waals surface area contributed by atoms with Gasteiger partial charge in [-0.2, -0.15) is 0 Å². The molecule has 2 aromatic heterocycles. The van der Waals surface area contributed by atoms with E-state index in [-0.39, 0.29) is 5.78 Å². The predicted octanol–water partition coefficient (Wildman–Crippen LogP) is 3.97. The molecule has 0 amide bonds. The fourth-order valence-electron chi connectivity index (χ4n) is 3.95. The van der Waals surface area contributed by atoms with Crippen LogP contribution in [0.25, 0.3) is 32.8 Å². The SMILES string of the molecule is CN(C)CCNc1nc2c(ccc3ccccc32)c2c1C(=O)c1cnccc1-2. The Kier molecular flexibility index (Phi) is 3.84. The first-order valence-electron chi connectivity index (χ1n) is 9.38. The van der Waals surface area contributed by atoms with Gasteiger partial charge in [-0.1, -0.05) is 36.4 Å². The van der Waals surface area contributed by atoms with Crippen molar-refractivity contribution in [3.63, 3.8) is 0 Å². The summed E-state index contributed by atoms with van der Waals surface area (Å²) < 4.78 is 0. The van der Waals surface area contributed by atoms with Crippen molar-refractivity contribution >= 4 is 33.3 Å². The Morgan fingerprint density at radius 3 is 2.68 bits per heavy atom. The molecule has 1 N–H and O–H groups in total. The number of benzene rings is 2. The lowest BCUT2D eigenvalue weighted by Crippen LogP contribution is -2.22. The molecular weight excluding hydrogens is 348 g/mol. The van der Waals surface area contributed by atoms with Crippen LogP contribution in [0.3, 0.4) is 0 Å². The smallest absolute Gasteiger partial charge is 0.199 e. The molecule has 0 fully saturated rings. The van der Waals surface area contributed by atoms with E-state index in [0.29, 0.717) is 23.5 Å². The summed E-state index contributed by atoms with van der Waals surface area (Å²) in [6.45, 7) is 1.57. The van der Waals surface area contributed by atoms with Crippen molar-refractivity contribution in [2.24, 2.45) is 0 Å². The number of hydrogen-bond acceptors (Lipinski definition) is 5. The van der Waals surface area contributed by atoms with Crippen LogP contribution in [0.2, 0.25) is 0 Å². The third-order valence-corrected chi connectivity index (χ3v) is 5.29. The molecule has 0 unspecified atom stereocenters. The van der Waals surface area contributed by atoms with Crippen LogP contribution in [0.5, 0.6) is 0 Å². The van der Waals surface area contributed by atoms with Gasteiger partial charge in [0.2, 0.25) is 0 Å². The number of fused-ring (bicyclic) bond motifs is 7. The molecule has 0 bridgehead atoms. The van der Waals surface area contributed by atoms with Crippen molar-refractivity contribution < 1.29 is 4.79 Å². The van der Waals surface area contributed by atoms with E-state index in [1.54, 1.807) is 12.4 Å². The van der Waals surface area contributed by atoms with Gasteiger partial charge in [-0.05, 0) is 31.1 Å². The molecule has 0 aliphatic heterocycles. The molecule has 0 saturated carbocycles. The van der Waals surface area contributed by atoms with Crippen molar-refractivity contribution in [3.8, 4) is 11.1 Å². The van der Waals surface area contributed by atoms with Gasteiger partial charge in [-0.15, -0.1) is 0 Å². The summed E-state index contributed by atoms with van der Waals surface area (Å²) in [6.07, 6.45) is 3.40. The van der Waals surface area contributed by atoms with Gasteiger partial charge in [0.25, 0.3) is 0 Å². The van der Waals surface area contributed by atoms with E-state index in [2.05, 4.69) is 39.5 Å². The van der Waals surface area contributed by atoms with Gasteiger partial charge in [-0.25, -0.2) is 4.98 Å². The molecule has 0 atom stereocenters. The van der Waals surface area contributed by atoms with Crippen LogP contribution in [0.1, 0.15) is 15.9 Å². The number of nitrogens with zero attached hydrogens (tertiary/aromatic N) is 3. The van der Waals surface area contributed by atoms with Crippen molar-refractivity contribution in [2.45, 2.75) is 0 Å². The summed E-state index contributed by atoms with van der Waals surface area (Å²) in [5.74, 6) is 0.648. The van der Waals surface area contributed by atoms with Gasteiger partial charge >= 0.3 is 0 Å². The molecule has 5 nitrogen and oxygen atoms in total. The number of likely N-dealkylation sites (N-methyl/N-ethyl adjacent to an activating group) is 1. The molecule has 4 aromatic rings. The average molecular weight is 368 g/mol. The molecule has 0 saturated heterocycles. The second-order valence-corrected chi connectivity index (χ2v) is 7.37. The lowest BCUT2D eigenvalue weighted by atomic mass is 9.98. The monoisotopic (exact) mass is 368 g/mol. The summed E-state index contributed by atoms with van der Waals surface area (Å²) in [4.78, 5) is 24.4. The number of carbonyl (C=O) groups is 1. The third-order valence-electron chi connectivity index (χ3n) is 5.29. The topological polar surface area (TPSA) is 58.1 Å². The fourth-order valence-corrected chi connectivity index (χ4v) is 3.95. The molecule has 0 radical (unpaired) electrons. The van der Waals surface area contributed by atoms with Crippen molar-refractivity contribution in [1.29, 1.82) is 0 Å². The highest BCUT2D eigenvalue weighted by atomic mass is 16.1. The minimum Gasteiger partial charge on any atom is -0.368 e. The van der Waals surface area contributed by atoms with E-state index in [0.717, 1.165) is 39.3 Å². The van der Waals surface area contributed by atoms with E-state index < -0.39 is 0 Å². The molecule has 1 aliphatic carbocycles. The Hall–Kier alpha value is -3.31. The Bertz CT molecular complexity index is 1250. The number of pyridine rings is 2. The minimum atomic E-state index is -0.00647. The van der Waals surface area contributed by atoms with E-state index >= 15 is 0 Å². The van der Waals surface area contributed by atoms with E-state index in [9.17, 15) is 4.79 Å². The summed E-state index contributed by atoms with van der Waals surface area (Å²) in [5.41, 5.74) is 4.13. The van der Waals surface area contributed by atoms with Gasteiger partial charge < -0.3 is 10.2 Å². The molecular formula is C23H20N4O. The number of aromatic nitrogens is 2. The number of nitrogens with one attached hydrogen (secondary N) is 1. The fraction of sp³-hybridized carbons (Fsp3) is 0.174. The average Bonchev–Trinajstić information content (AvgIpc) is 3.01. The number of hydrogen-bond donors (Lipinski definition) is 1. The Labute approximate surface area is 163 Å². The normalized spacial score (nSPS) is 12.6. The zero-order valence-electron chi connectivity index (χ0n) is 15.9. The molecule has 28 heavy (non-hydrogen) atoms. The van der Waals surface area contributed by atoms with Crippen LogP contribution in [0.4, 0.5) is 5.82 Å². The van der Waals surface area contributed by atoms with Crippen molar-refractivity contribution in [3.05, 3.63) is 66.0 Å². The Morgan fingerprint density at radius 1 is 0.964 bits per heavy atom. The minimum absolute atomic E-state index is 0.00647.